The number of aromatic nitrogens is 2. The predicted molar refractivity (Wildman–Crippen MR) is 113 cm³/mol. The maximum absolute atomic E-state index is 12.6. The number of rotatable bonds is 5. The first-order chi connectivity index (χ1) is 14.0. The molecule has 146 valence electrons. The van der Waals surface area contributed by atoms with Crippen molar-refractivity contribution in [3.05, 3.63) is 70.6 Å². The molecule has 0 bridgehead atoms. The van der Waals surface area contributed by atoms with E-state index in [1.807, 2.05) is 6.07 Å². The molecule has 0 spiro atoms. The van der Waals surface area contributed by atoms with Gasteiger partial charge in [0.15, 0.2) is 0 Å². The monoisotopic (exact) mass is 426 g/mol. The normalized spacial score (nSPS) is 13.0. The van der Waals surface area contributed by atoms with Crippen molar-refractivity contribution >= 4 is 46.5 Å². The van der Waals surface area contributed by atoms with Crippen LogP contribution in [-0.2, 0) is 4.79 Å². The van der Waals surface area contributed by atoms with Crippen LogP contribution in [0.2, 0.25) is 10.0 Å². The summed E-state index contributed by atoms with van der Waals surface area (Å²) in [6.07, 6.45) is 6.46. The van der Waals surface area contributed by atoms with Crippen molar-refractivity contribution in [2.24, 2.45) is 5.92 Å². The highest BCUT2D eigenvalue weighted by Gasteiger charge is 2.29. The van der Waals surface area contributed by atoms with E-state index >= 15 is 0 Å². The number of amides is 2. The topological polar surface area (TPSA) is 84.0 Å². The Labute approximate surface area is 177 Å². The summed E-state index contributed by atoms with van der Waals surface area (Å²) in [5.41, 5.74) is 2.32. The molecule has 0 unspecified atom stereocenters. The molecular formula is C21H16Cl2N4O2. The van der Waals surface area contributed by atoms with Crippen LogP contribution in [0.25, 0.3) is 11.1 Å². The van der Waals surface area contributed by atoms with E-state index in [9.17, 15) is 9.59 Å². The van der Waals surface area contributed by atoms with Crippen LogP contribution in [0.15, 0.2) is 55.0 Å². The maximum atomic E-state index is 12.6. The van der Waals surface area contributed by atoms with Crippen LogP contribution in [-0.4, -0.2) is 21.8 Å². The fourth-order valence-corrected chi connectivity index (χ4v) is 3.21. The molecule has 4 rings (SSSR count). The Balaban J connectivity index is 1.51. The van der Waals surface area contributed by atoms with Crippen molar-refractivity contribution in [3.63, 3.8) is 0 Å². The van der Waals surface area contributed by atoms with E-state index in [0.717, 1.165) is 24.0 Å². The second-order valence-corrected chi connectivity index (χ2v) is 7.50. The smallest absolute Gasteiger partial charge is 0.255 e. The van der Waals surface area contributed by atoms with Crippen LogP contribution in [0.3, 0.4) is 0 Å². The maximum Gasteiger partial charge on any atom is 0.255 e. The number of carbonyl (C=O) groups excluding carboxylic acids is 2. The molecular weight excluding hydrogens is 411 g/mol. The molecule has 1 aromatic carbocycles. The lowest BCUT2D eigenvalue weighted by Gasteiger charge is -2.10. The van der Waals surface area contributed by atoms with Crippen LogP contribution >= 0.6 is 23.2 Å². The number of hydrogen-bond acceptors (Lipinski definition) is 4. The lowest BCUT2D eigenvalue weighted by atomic mass is 10.1. The minimum Gasteiger partial charge on any atom is -0.321 e. The molecule has 0 atom stereocenters. The molecule has 29 heavy (non-hydrogen) atoms. The fraction of sp³-hybridized carbons (Fsp3) is 0.143. The quantitative estimate of drug-likeness (QED) is 0.597. The Kier molecular flexibility index (Phi) is 5.47. The SMILES string of the molecule is O=C(Nc1cncc(-c2cccc(Cl)c2Cl)c1)c1ccnc(NC(=O)C2CC2)c1. The van der Waals surface area contributed by atoms with Gasteiger partial charge in [0.1, 0.15) is 5.82 Å². The van der Waals surface area contributed by atoms with E-state index in [2.05, 4.69) is 20.6 Å². The molecule has 1 fully saturated rings. The highest BCUT2D eigenvalue weighted by Crippen LogP contribution is 2.34. The van der Waals surface area contributed by atoms with E-state index < -0.39 is 0 Å². The van der Waals surface area contributed by atoms with Gasteiger partial charge in [-0.05, 0) is 37.1 Å². The van der Waals surface area contributed by atoms with Gasteiger partial charge in [0.2, 0.25) is 5.91 Å². The van der Waals surface area contributed by atoms with Crippen molar-refractivity contribution in [1.82, 2.24) is 9.97 Å². The molecule has 0 radical (unpaired) electrons. The zero-order valence-electron chi connectivity index (χ0n) is 15.2. The van der Waals surface area contributed by atoms with Crippen LogP contribution in [0.1, 0.15) is 23.2 Å². The van der Waals surface area contributed by atoms with Gasteiger partial charge in [0.05, 0.1) is 21.9 Å². The Hall–Kier alpha value is -2.96. The Morgan fingerprint density at radius 1 is 1.03 bits per heavy atom. The zero-order chi connectivity index (χ0) is 20.4. The van der Waals surface area contributed by atoms with E-state index in [1.54, 1.807) is 36.5 Å². The van der Waals surface area contributed by atoms with Gasteiger partial charge in [-0.2, -0.15) is 0 Å². The van der Waals surface area contributed by atoms with Crippen LogP contribution < -0.4 is 10.6 Å². The van der Waals surface area contributed by atoms with Crippen molar-refractivity contribution in [2.45, 2.75) is 12.8 Å². The summed E-state index contributed by atoms with van der Waals surface area (Å²) in [4.78, 5) is 32.8. The number of hydrogen-bond donors (Lipinski definition) is 2. The van der Waals surface area contributed by atoms with Crippen molar-refractivity contribution in [2.75, 3.05) is 10.6 Å². The lowest BCUT2D eigenvalue weighted by Crippen LogP contribution is -2.16. The summed E-state index contributed by atoms with van der Waals surface area (Å²) in [7, 11) is 0. The number of nitrogens with zero attached hydrogens (tertiary/aromatic N) is 2. The Morgan fingerprint density at radius 2 is 1.86 bits per heavy atom. The van der Waals surface area contributed by atoms with E-state index in [0.29, 0.717) is 27.1 Å². The number of nitrogens with one attached hydrogen (secondary N) is 2. The highest BCUT2D eigenvalue weighted by atomic mass is 35.5. The van der Waals surface area contributed by atoms with E-state index in [-0.39, 0.29) is 17.7 Å². The van der Waals surface area contributed by atoms with Gasteiger partial charge in [-0.15, -0.1) is 0 Å². The molecule has 2 heterocycles. The predicted octanol–water partition coefficient (Wildman–Crippen LogP) is 5.05. The van der Waals surface area contributed by atoms with Crippen molar-refractivity contribution in [3.8, 4) is 11.1 Å². The number of carbonyl (C=O) groups is 2. The molecule has 0 aliphatic heterocycles. The summed E-state index contributed by atoms with van der Waals surface area (Å²) < 4.78 is 0. The number of anilines is 2. The van der Waals surface area contributed by atoms with Gasteiger partial charge in [-0.25, -0.2) is 4.98 Å². The van der Waals surface area contributed by atoms with Gasteiger partial charge >= 0.3 is 0 Å². The van der Waals surface area contributed by atoms with Crippen molar-refractivity contribution < 1.29 is 9.59 Å². The molecule has 2 aromatic heterocycles. The first-order valence-electron chi connectivity index (χ1n) is 8.99. The van der Waals surface area contributed by atoms with Gasteiger partial charge < -0.3 is 10.6 Å². The summed E-state index contributed by atoms with van der Waals surface area (Å²) in [6, 6.07) is 10.2. The molecule has 6 nitrogen and oxygen atoms in total. The molecule has 0 saturated heterocycles. The van der Waals surface area contributed by atoms with Gasteiger partial charge in [0, 0.05) is 35.0 Å². The largest absolute Gasteiger partial charge is 0.321 e. The minimum absolute atomic E-state index is 0.0569. The van der Waals surface area contributed by atoms with Crippen LogP contribution in [0.5, 0.6) is 0 Å². The first kappa shape index (κ1) is 19.4. The first-order valence-corrected chi connectivity index (χ1v) is 9.74. The second kappa shape index (κ2) is 8.19. The average molecular weight is 427 g/mol. The minimum atomic E-state index is -0.342. The highest BCUT2D eigenvalue weighted by molar-refractivity contribution is 6.43. The molecule has 1 saturated carbocycles. The standard InChI is InChI=1S/C21H16Cl2N4O2/c22-17-3-1-2-16(19(17)23)14-8-15(11-24-10-14)26-21(29)13-6-7-25-18(9-13)27-20(28)12-4-5-12/h1-3,6-12H,4-5H2,(H,26,29)(H,25,27,28). The summed E-state index contributed by atoms with van der Waals surface area (Å²) in [5, 5.41) is 6.40. The van der Waals surface area contributed by atoms with E-state index in [4.69, 9.17) is 23.2 Å². The fourth-order valence-electron chi connectivity index (χ4n) is 2.80. The van der Waals surface area contributed by atoms with Crippen LogP contribution in [0, 0.1) is 5.92 Å². The molecule has 2 amide bonds. The molecule has 1 aliphatic rings. The third kappa shape index (κ3) is 4.55. The van der Waals surface area contributed by atoms with Gasteiger partial charge in [0.25, 0.3) is 5.91 Å². The lowest BCUT2D eigenvalue weighted by molar-refractivity contribution is -0.117. The number of pyridine rings is 2. The molecule has 8 heteroatoms. The summed E-state index contributed by atoms with van der Waals surface area (Å²) in [5.74, 6) is 0.00404. The average Bonchev–Trinajstić information content (AvgIpc) is 3.56. The number of halogens is 2. The third-order valence-electron chi connectivity index (χ3n) is 4.48. The Bertz CT molecular complexity index is 1100. The Morgan fingerprint density at radius 3 is 2.66 bits per heavy atom. The van der Waals surface area contributed by atoms with Gasteiger partial charge in [-0.1, -0.05) is 35.3 Å². The van der Waals surface area contributed by atoms with Crippen molar-refractivity contribution in [1.29, 1.82) is 0 Å². The third-order valence-corrected chi connectivity index (χ3v) is 5.30. The van der Waals surface area contributed by atoms with E-state index in [1.165, 1.54) is 12.4 Å². The van der Waals surface area contributed by atoms with Crippen LogP contribution in [0.4, 0.5) is 11.5 Å². The second-order valence-electron chi connectivity index (χ2n) is 6.71. The number of benzene rings is 1. The molecule has 2 N–H and O–H groups in total. The molecule has 3 aromatic rings. The zero-order valence-corrected chi connectivity index (χ0v) is 16.7. The van der Waals surface area contributed by atoms with Gasteiger partial charge in [-0.3, -0.25) is 14.6 Å². The summed E-state index contributed by atoms with van der Waals surface area (Å²) in [6.45, 7) is 0. The molecule has 1 aliphatic carbocycles. The summed E-state index contributed by atoms with van der Waals surface area (Å²) >= 11 is 12.4.